The first-order valence-electron chi connectivity index (χ1n) is 10.7. The second kappa shape index (κ2) is 9.49. The maximum atomic E-state index is 12.9. The molecule has 0 bridgehead atoms. The molecule has 2 aromatic heterocycles. The molecule has 0 unspecified atom stereocenters. The highest BCUT2D eigenvalue weighted by Crippen LogP contribution is 2.30. The second-order valence-electron chi connectivity index (χ2n) is 8.26. The van der Waals surface area contributed by atoms with Crippen LogP contribution in [0.1, 0.15) is 38.0 Å². The number of carbonyl (C=O) groups is 1. The van der Waals surface area contributed by atoms with E-state index in [1.54, 1.807) is 18.5 Å². The number of morpholine rings is 1. The van der Waals surface area contributed by atoms with Crippen LogP contribution in [0.15, 0.2) is 30.9 Å². The summed E-state index contributed by atoms with van der Waals surface area (Å²) in [7, 11) is 0. The molecule has 8 heteroatoms. The lowest BCUT2D eigenvalue weighted by Gasteiger charge is -2.34. The van der Waals surface area contributed by atoms with E-state index in [-0.39, 0.29) is 12.0 Å². The van der Waals surface area contributed by atoms with Crippen LogP contribution in [0.3, 0.4) is 0 Å². The highest BCUT2D eigenvalue weighted by atomic mass is 16.5. The summed E-state index contributed by atoms with van der Waals surface area (Å²) in [5.41, 5.74) is 8.37. The fourth-order valence-electron chi connectivity index (χ4n) is 4.17. The Morgan fingerprint density at radius 3 is 2.90 bits per heavy atom. The number of aromatic nitrogens is 3. The third-order valence-electron chi connectivity index (χ3n) is 6.08. The summed E-state index contributed by atoms with van der Waals surface area (Å²) < 4.78 is 6.00. The monoisotopic (exact) mass is 410 g/mol. The topological polar surface area (TPSA) is 97.5 Å². The van der Waals surface area contributed by atoms with Crippen LogP contribution in [0.5, 0.6) is 0 Å². The number of amides is 1. The maximum absolute atomic E-state index is 12.9. The summed E-state index contributed by atoms with van der Waals surface area (Å²) in [4.78, 5) is 29.9. The third kappa shape index (κ3) is 4.94. The third-order valence-corrected chi connectivity index (χ3v) is 6.08. The summed E-state index contributed by atoms with van der Waals surface area (Å²) in [5, 5.41) is 0. The summed E-state index contributed by atoms with van der Waals surface area (Å²) in [5.74, 6) is 1.43. The molecule has 0 saturated carbocycles. The molecule has 1 amide bonds. The van der Waals surface area contributed by atoms with Gasteiger partial charge in [0.1, 0.15) is 18.2 Å². The quantitative estimate of drug-likeness (QED) is 0.806. The standard InChI is InChI=1S/C22H30N6O2/c1-16-3-7-27(8-4-16)9-5-21(29)28-10-11-30-19(14-28)22-18(13-24-15-26-22)17-2-6-25-20(23)12-17/h2,6,12-13,15-16,19H,3-5,7-11,14H2,1H3,(H2,23,25)/t19-/m1/s1. The fourth-order valence-corrected chi connectivity index (χ4v) is 4.17. The van der Waals surface area contributed by atoms with Gasteiger partial charge in [-0.05, 0) is 49.5 Å². The van der Waals surface area contributed by atoms with Gasteiger partial charge in [0.2, 0.25) is 5.91 Å². The van der Waals surface area contributed by atoms with Crippen LogP contribution >= 0.6 is 0 Å². The van der Waals surface area contributed by atoms with Crippen molar-refractivity contribution in [2.24, 2.45) is 5.92 Å². The smallest absolute Gasteiger partial charge is 0.224 e. The van der Waals surface area contributed by atoms with Crippen molar-refractivity contribution in [3.8, 4) is 11.1 Å². The van der Waals surface area contributed by atoms with Gasteiger partial charge in [-0.1, -0.05) is 6.92 Å². The van der Waals surface area contributed by atoms with Crippen LogP contribution in [-0.2, 0) is 9.53 Å². The number of ether oxygens (including phenoxy) is 1. The molecule has 1 atom stereocenters. The average molecular weight is 411 g/mol. The molecule has 0 aromatic carbocycles. The zero-order valence-electron chi connectivity index (χ0n) is 17.5. The van der Waals surface area contributed by atoms with Crippen molar-refractivity contribution in [1.29, 1.82) is 0 Å². The average Bonchev–Trinajstić information content (AvgIpc) is 2.78. The van der Waals surface area contributed by atoms with Gasteiger partial charge in [-0.2, -0.15) is 0 Å². The molecule has 2 aliphatic heterocycles. The van der Waals surface area contributed by atoms with Crippen molar-refractivity contribution in [2.45, 2.75) is 32.3 Å². The number of hydrogen-bond donors (Lipinski definition) is 1. The minimum Gasteiger partial charge on any atom is -0.384 e. The van der Waals surface area contributed by atoms with Crippen molar-refractivity contribution in [3.05, 3.63) is 36.5 Å². The summed E-state index contributed by atoms with van der Waals surface area (Å²) in [6.45, 7) is 6.95. The number of pyridine rings is 1. The first kappa shape index (κ1) is 20.7. The van der Waals surface area contributed by atoms with Crippen LogP contribution in [-0.4, -0.2) is 70.0 Å². The molecule has 2 aliphatic rings. The molecule has 2 N–H and O–H groups in total. The number of likely N-dealkylation sites (tertiary alicyclic amines) is 1. The molecule has 0 spiro atoms. The first-order valence-corrected chi connectivity index (χ1v) is 10.7. The van der Waals surface area contributed by atoms with Crippen LogP contribution in [0.4, 0.5) is 5.82 Å². The van der Waals surface area contributed by atoms with Crippen molar-refractivity contribution >= 4 is 11.7 Å². The molecular weight excluding hydrogens is 380 g/mol. The van der Waals surface area contributed by atoms with E-state index >= 15 is 0 Å². The molecular formula is C22H30N6O2. The van der Waals surface area contributed by atoms with E-state index in [0.29, 0.717) is 31.9 Å². The second-order valence-corrected chi connectivity index (χ2v) is 8.26. The zero-order chi connectivity index (χ0) is 20.9. The molecule has 160 valence electrons. The van der Waals surface area contributed by atoms with Gasteiger partial charge in [0.15, 0.2) is 0 Å². The van der Waals surface area contributed by atoms with Crippen molar-refractivity contribution in [1.82, 2.24) is 24.8 Å². The Hall–Kier alpha value is -2.58. The number of hydrogen-bond acceptors (Lipinski definition) is 7. The highest BCUT2D eigenvalue weighted by molar-refractivity contribution is 5.76. The van der Waals surface area contributed by atoms with E-state index in [0.717, 1.165) is 42.4 Å². The Labute approximate surface area is 177 Å². The Morgan fingerprint density at radius 2 is 2.10 bits per heavy atom. The predicted octanol–water partition coefficient (Wildman–Crippen LogP) is 2.14. The molecule has 0 radical (unpaired) electrons. The van der Waals surface area contributed by atoms with Crippen molar-refractivity contribution in [2.75, 3.05) is 45.1 Å². The van der Waals surface area contributed by atoms with Gasteiger partial charge in [0.25, 0.3) is 0 Å². The van der Waals surface area contributed by atoms with Gasteiger partial charge >= 0.3 is 0 Å². The lowest BCUT2D eigenvalue weighted by Crippen LogP contribution is -2.44. The molecule has 2 fully saturated rings. The number of piperidine rings is 1. The summed E-state index contributed by atoms with van der Waals surface area (Å²) in [6.07, 6.45) is 7.67. The Kier molecular flexibility index (Phi) is 6.54. The number of nitrogen functional groups attached to an aromatic ring is 1. The fraction of sp³-hybridized carbons (Fsp3) is 0.545. The minimum absolute atomic E-state index is 0.186. The van der Waals surface area contributed by atoms with Crippen LogP contribution in [0.25, 0.3) is 11.1 Å². The molecule has 0 aliphatic carbocycles. The van der Waals surface area contributed by atoms with Gasteiger partial charge in [-0.25, -0.2) is 15.0 Å². The number of nitrogens with zero attached hydrogens (tertiary/aromatic N) is 5. The number of anilines is 1. The highest BCUT2D eigenvalue weighted by Gasteiger charge is 2.28. The van der Waals surface area contributed by atoms with Gasteiger partial charge < -0.3 is 20.3 Å². The summed E-state index contributed by atoms with van der Waals surface area (Å²) >= 11 is 0. The number of rotatable bonds is 5. The van der Waals surface area contributed by atoms with Gasteiger partial charge in [-0.15, -0.1) is 0 Å². The van der Waals surface area contributed by atoms with Gasteiger partial charge in [-0.3, -0.25) is 4.79 Å². The van der Waals surface area contributed by atoms with E-state index in [1.807, 2.05) is 11.0 Å². The lowest BCUT2D eigenvalue weighted by molar-refractivity contribution is -0.139. The lowest BCUT2D eigenvalue weighted by atomic mass is 9.99. The Bertz CT molecular complexity index is 868. The van der Waals surface area contributed by atoms with Gasteiger partial charge in [0.05, 0.1) is 18.8 Å². The Balaban J connectivity index is 1.41. The SMILES string of the molecule is CC1CCN(CCC(=O)N2CCO[C@@H](c3ncncc3-c3ccnc(N)c3)C2)CC1. The largest absolute Gasteiger partial charge is 0.384 e. The molecule has 2 saturated heterocycles. The molecule has 8 nitrogen and oxygen atoms in total. The maximum Gasteiger partial charge on any atom is 0.224 e. The molecule has 4 heterocycles. The van der Waals surface area contributed by atoms with Crippen molar-refractivity contribution < 1.29 is 9.53 Å². The van der Waals surface area contributed by atoms with E-state index in [9.17, 15) is 4.79 Å². The molecule has 2 aromatic rings. The number of carbonyl (C=O) groups excluding carboxylic acids is 1. The van der Waals surface area contributed by atoms with Crippen molar-refractivity contribution in [3.63, 3.8) is 0 Å². The van der Waals surface area contributed by atoms with Gasteiger partial charge in [0, 0.05) is 37.5 Å². The van der Waals surface area contributed by atoms with E-state index in [4.69, 9.17) is 10.5 Å². The van der Waals surface area contributed by atoms with Crippen LogP contribution in [0.2, 0.25) is 0 Å². The first-order chi connectivity index (χ1) is 14.6. The zero-order valence-corrected chi connectivity index (χ0v) is 17.5. The van der Waals surface area contributed by atoms with Crippen LogP contribution in [0, 0.1) is 5.92 Å². The normalized spacial score (nSPS) is 21.0. The predicted molar refractivity (Wildman–Crippen MR) is 114 cm³/mol. The van der Waals surface area contributed by atoms with E-state index in [1.165, 1.54) is 19.2 Å². The minimum atomic E-state index is -0.286. The van der Waals surface area contributed by atoms with E-state index < -0.39 is 0 Å². The Morgan fingerprint density at radius 1 is 1.27 bits per heavy atom. The summed E-state index contributed by atoms with van der Waals surface area (Å²) in [6, 6.07) is 3.68. The molecule has 30 heavy (non-hydrogen) atoms. The number of nitrogens with two attached hydrogens (primary N) is 1. The van der Waals surface area contributed by atoms with E-state index in [2.05, 4.69) is 26.8 Å². The molecule has 4 rings (SSSR count). The van der Waals surface area contributed by atoms with Crippen LogP contribution < -0.4 is 5.73 Å².